The van der Waals surface area contributed by atoms with E-state index in [0.29, 0.717) is 6.04 Å². The van der Waals surface area contributed by atoms with Crippen LogP contribution in [0.5, 0.6) is 0 Å². The van der Waals surface area contributed by atoms with E-state index in [1.807, 2.05) is 0 Å². The summed E-state index contributed by atoms with van der Waals surface area (Å²) in [5.74, 6) is 0. The Balaban J connectivity index is 2.45. The highest BCUT2D eigenvalue weighted by Crippen LogP contribution is 2.07. The highest BCUT2D eigenvalue weighted by molar-refractivity contribution is 5.67. The molecule has 1 aliphatic heterocycles. The molecule has 1 unspecified atom stereocenters. The zero-order chi connectivity index (χ0) is 9.14. The van der Waals surface area contributed by atoms with Crippen molar-refractivity contribution in [2.75, 3.05) is 33.8 Å². The fourth-order valence-corrected chi connectivity index (χ4v) is 1.34. The van der Waals surface area contributed by atoms with Crippen LogP contribution in [0.3, 0.4) is 0 Å². The van der Waals surface area contributed by atoms with Crippen LogP contribution in [0, 0.1) is 0 Å². The van der Waals surface area contributed by atoms with E-state index >= 15 is 0 Å². The molecule has 0 N–H and O–H groups in total. The minimum Gasteiger partial charge on any atom is -0.453 e. The van der Waals surface area contributed by atoms with Gasteiger partial charge in [0.05, 0.1) is 7.11 Å². The van der Waals surface area contributed by atoms with Gasteiger partial charge in [0.15, 0.2) is 0 Å². The standard InChI is InChI=1S/C8H16N2O2/c1-7-6-10(8(11)12-3)5-4-9(7)2/h7H,4-6H2,1-3H3. The minimum absolute atomic E-state index is 0.213. The number of hydrogen-bond donors (Lipinski definition) is 0. The second-order valence-electron chi connectivity index (χ2n) is 3.25. The van der Waals surface area contributed by atoms with Crippen molar-refractivity contribution >= 4 is 6.09 Å². The molecule has 4 heteroatoms. The molecule has 1 amide bonds. The monoisotopic (exact) mass is 172 g/mol. The Morgan fingerprint density at radius 2 is 2.17 bits per heavy atom. The Labute approximate surface area is 73.1 Å². The third-order valence-corrected chi connectivity index (χ3v) is 2.39. The fourth-order valence-electron chi connectivity index (χ4n) is 1.34. The Morgan fingerprint density at radius 3 is 2.67 bits per heavy atom. The molecule has 0 saturated carbocycles. The van der Waals surface area contributed by atoms with Gasteiger partial charge in [-0.15, -0.1) is 0 Å². The molecule has 0 bridgehead atoms. The van der Waals surface area contributed by atoms with Gasteiger partial charge in [-0.25, -0.2) is 4.79 Å². The van der Waals surface area contributed by atoms with E-state index in [9.17, 15) is 4.79 Å². The quantitative estimate of drug-likeness (QED) is 0.530. The first-order chi connectivity index (χ1) is 5.65. The third-order valence-electron chi connectivity index (χ3n) is 2.39. The lowest BCUT2D eigenvalue weighted by atomic mass is 10.2. The average Bonchev–Trinajstić information content (AvgIpc) is 2.08. The fraction of sp³-hybridized carbons (Fsp3) is 0.875. The normalized spacial score (nSPS) is 25.6. The SMILES string of the molecule is COC(=O)N1CCN(C)C(C)C1. The van der Waals surface area contributed by atoms with E-state index in [-0.39, 0.29) is 6.09 Å². The number of piperazine rings is 1. The molecule has 4 nitrogen and oxygen atoms in total. The number of carbonyl (C=O) groups excluding carboxylic acids is 1. The topological polar surface area (TPSA) is 32.8 Å². The molecule has 0 spiro atoms. The lowest BCUT2D eigenvalue weighted by Gasteiger charge is -2.36. The molecule has 0 radical (unpaired) electrons. The van der Waals surface area contributed by atoms with Gasteiger partial charge in [0, 0.05) is 25.7 Å². The summed E-state index contributed by atoms with van der Waals surface area (Å²) in [6.45, 7) is 4.57. The number of amides is 1. The summed E-state index contributed by atoms with van der Waals surface area (Å²) in [7, 11) is 3.49. The molecule has 0 aromatic carbocycles. The first kappa shape index (κ1) is 9.32. The second kappa shape index (κ2) is 3.76. The molecule has 12 heavy (non-hydrogen) atoms. The molecule has 0 aliphatic carbocycles. The number of nitrogens with zero attached hydrogens (tertiary/aromatic N) is 2. The zero-order valence-electron chi connectivity index (χ0n) is 7.91. The van der Waals surface area contributed by atoms with E-state index in [0.717, 1.165) is 19.6 Å². The van der Waals surface area contributed by atoms with Crippen LogP contribution in [0.25, 0.3) is 0 Å². The summed E-state index contributed by atoms with van der Waals surface area (Å²) in [5.41, 5.74) is 0. The molecular formula is C8H16N2O2. The average molecular weight is 172 g/mol. The maximum Gasteiger partial charge on any atom is 0.409 e. The molecular weight excluding hydrogens is 156 g/mol. The lowest BCUT2D eigenvalue weighted by molar-refractivity contribution is 0.0772. The van der Waals surface area contributed by atoms with Crippen LogP contribution in [-0.2, 0) is 4.74 Å². The zero-order valence-corrected chi connectivity index (χ0v) is 7.91. The number of rotatable bonds is 0. The molecule has 70 valence electrons. The van der Waals surface area contributed by atoms with Crippen molar-refractivity contribution in [3.8, 4) is 0 Å². The Morgan fingerprint density at radius 1 is 1.50 bits per heavy atom. The van der Waals surface area contributed by atoms with Crippen molar-refractivity contribution in [1.29, 1.82) is 0 Å². The minimum atomic E-state index is -0.213. The lowest BCUT2D eigenvalue weighted by Crippen LogP contribution is -2.51. The van der Waals surface area contributed by atoms with Gasteiger partial charge in [0.25, 0.3) is 0 Å². The number of ether oxygens (including phenoxy) is 1. The molecule has 1 atom stereocenters. The number of hydrogen-bond acceptors (Lipinski definition) is 3. The van der Waals surface area contributed by atoms with E-state index < -0.39 is 0 Å². The van der Waals surface area contributed by atoms with Crippen LogP contribution in [-0.4, -0.2) is 55.7 Å². The van der Waals surface area contributed by atoms with Gasteiger partial charge in [0.1, 0.15) is 0 Å². The molecule has 1 aliphatic rings. The largest absolute Gasteiger partial charge is 0.453 e. The predicted molar refractivity (Wildman–Crippen MR) is 46.1 cm³/mol. The van der Waals surface area contributed by atoms with Crippen molar-refractivity contribution < 1.29 is 9.53 Å². The summed E-state index contributed by atoms with van der Waals surface area (Å²) in [5, 5.41) is 0. The first-order valence-corrected chi connectivity index (χ1v) is 4.18. The predicted octanol–water partition coefficient (Wildman–Crippen LogP) is 0.389. The van der Waals surface area contributed by atoms with E-state index in [4.69, 9.17) is 0 Å². The van der Waals surface area contributed by atoms with Gasteiger partial charge in [-0.05, 0) is 14.0 Å². The van der Waals surface area contributed by atoms with Gasteiger partial charge < -0.3 is 14.5 Å². The number of methoxy groups -OCH3 is 1. The first-order valence-electron chi connectivity index (χ1n) is 4.18. The van der Waals surface area contributed by atoms with Crippen molar-refractivity contribution in [2.45, 2.75) is 13.0 Å². The molecule has 0 aromatic rings. The van der Waals surface area contributed by atoms with Crippen molar-refractivity contribution in [3.05, 3.63) is 0 Å². The van der Waals surface area contributed by atoms with Crippen LogP contribution in [0.1, 0.15) is 6.92 Å². The van der Waals surface area contributed by atoms with Gasteiger partial charge in [-0.3, -0.25) is 0 Å². The van der Waals surface area contributed by atoms with Crippen LogP contribution < -0.4 is 0 Å². The van der Waals surface area contributed by atoms with Gasteiger partial charge in [-0.2, -0.15) is 0 Å². The molecule has 0 aromatic heterocycles. The summed E-state index contributed by atoms with van der Waals surface area (Å²) in [6.07, 6.45) is -0.213. The highest BCUT2D eigenvalue weighted by atomic mass is 16.5. The molecule has 1 rings (SSSR count). The summed E-state index contributed by atoms with van der Waals surface area (Å²) in [6, 6.07) is 0.429. The summed E-state index contributed by atoms with van der Waals surface area (Å²) >= 11 is 0. The maximum atomic E-state index is 11.1. The number of likely N-dealkylation sites (N-methyl/N-ethyl adjacent to an activating group) is 1. The third kappa shape index (κ3) is 1.88. The highest BCUT2D eigenvalue weighted by Gasteiger charge is 2.24. The molecule has 1 fully saturated rings. The molecule has 1 saturated heterocycles. The Kier molecular flexibility index (Phi) is 2.92. The van der Waals surface area contributed by atoms with Gasteiger partial charge >= 0.3 is 6.09 Å². The summed E-state index contributed by atoms with van der Waals surface area (Å²) < 4.78 is 4.64. The number of carbonyl (C=O) groups is 1. The molecule has 1 heterocycles. The Hall–Kier alpha value is -0.770. The van der Waals surface area contributed by atoms with Crippen molar-refractivity contribution in [2.24, 2.45) is 0 Å². The van der Waals surface area contributed by atoms with Crippen molar-refractivity contribution in [1.82, 2.24) is 9.80 Å². The van der Waals surface area contributed by atoms with Crippen molar-refractivity contribution in [3.63, 3.8) is 0 Å². The smallest absolute Gasteiger partial charge is 0.409 e. The van der Waals surface area contributed by atoms with E-state index in [1.165, 1.54) is 7.11 Å². The second-order valence-corrected chi connectivity index (χ2v) is 3.25. The van der Waals surface area contributed by atoms with E-state index in [1.54, 1.807) is 4.90 Å². The van der Waals surface area contributed by atoms with E-state index in [2.05, 4.69) is 23.6 Å². The Bertz CT molecular complexity index is 172. The van der Waals surface area contributed by atoms with Crippen LogP contribution in [0.2, 0.25) is 0 Å². The summed E-state index contributed by atoms with van der Waals surface area (Å²) in [4.78, 5) is 15.1. The van der Waals surface area contributed by atoms with Crippen LogP contribution in [0.4, 0.5) is 4.79 Å². The van der Waals surface area contributed by atoms with Gasteiger partial charge in [0.2, 0.25) is 0 Å². The van der Waals surface area contributed by atoms with Crippen LogP contribution in [0.15, 0.2) is 0 Å². The van der Waals surface area contributed by atoms with Crippen LogP contribution >= 0.6 is 0 Å². The maximum absolute atomic E-state index is 11.1. The van der Waals surface area contributed by atoms with Gasteiger partial charge in [-0.1, -0.05) is 0 Å².